The molecule has 0 aromatic heterocycles. The molecule has 0 saturated carbocycles. The van der Waals surface area contributed by atoms with Gasteiger partial charge >= 0.3 is 0 Å². The first-order valence-electron chi connectivity index (χ1n) is 6.95. The standard InChI is InChI=1S/C15H21BrN2O2S/c1-11-5-4-6-18(10-11)21(19,20)15-8-13(9-17-3)7-14(16)12(15)2/h5,7-8,17H,4,6,9-10H2,1-3H3. The Labute approximate surface area is 135 Å². The zero-order valence-corrected chi connectivity index (χ0v) is 15.0. The van der Waals surface area contributed by atoms with Crippen LogP contribution in [0.5, 0.6) is 0 Å². The van der Waals surface area contributed by atoms with Crippen LogP contribution in [0.25, 0.3) is 0 Å². The molecule has 6 heteroatoms. The monoisotopic (exact) mass is 372 g/mol. The molecule has 116 valence electrons. The minimum Gasteiger partial charge on any atom is -0.316 e. The van der Waals surface area contributed by atoms with Gasteiger partial charge in [0.25, 0.3) is 0 Å². The minimum absolute atomic E-state index is 0.400. The van der Waals surface area contributed by atoms with Crippen molar-refractivity contribution in [2.45, 2.75) is 31.7 Å². The molecule has 0 aliphatic carbocycles. The Morgan fingerprint density at radius 2 is 2.05 bits per heavy atom. The smallest absolute Gasteiger partial charge is 0.243 e. The Morgan fingerprint density at radius 1 is 1.33 bits per heavy atom. The third-order valence-corrected chi connectivity index (χ3v) is 6.45. The average molecular weight is 373 g/mol. The number of benzene rings is 1. The molecule has 1 N–H and O–H groups in total. The summed E-state index contributed by atoms with van der Waals surface area (Å²) in [6, 6.07) is 3.74. The van der Waals surface area contributed by atoms with Crippen LogP contribution in [-0.2, 0) is 16.6 Å². The topological polar surface area (TPSA) is 49.4 Å². The molecule has 2 rings (SSSR count). The van der Waals surface area contributed by atoms with E-state index in [1.54, 1.807) is 10.4 Å². The van der Waals surface area contributed by atoms with E-state index in [0.717, 1.165) is 27.6 Å². The lowest BCUT2D eigenvalue weighted by molar-refractivity contribution is 0.427. The quantitative estimate of drug-likeness (QED) is 0.826. The molecule has 0 fully saturated rings. The van der Waals surface area contributed by atoms with Crippen LogP contribution in [0.2, 0.25) is 0 Å². The molecule has 0 radical (unpaired) electrons. The molecule has 1 aliphatic heterocycles. The van der Waals surface area contributed by atoms with Gasteiger partial charge in [-0.05, 0) is 50.6 Å². The van der Waals surface area contributed by atoms with E-state index in [1.165, 1.54) is 0 Å². The summed E-state index contributed by atoms with van der Waals surface area (Å²) >= 11 is 3.47. The van der Waals surface area contributed by atoms with Crippen LogP contribution in [0.1, 0.15) is 24.5 Å². The van der Waals surface area contributed by atoms with Crippen molar-refractivity contribution in [2.75, 3.05) is 20.1 Å². The second kappa shape index (κ2) is 6.60. The molecule has 0 saturated heterocycles. The average Bonchev–Trinajstić information content (AvgIpc) is 2.42. The summed E-state index contributed by atoms with van der Waals surface area (Å²) in [5, 5.41) is 3.06. The second-order valence-corrected chi connectivity index (χ2v) is 8.17. The van der Waals surface area contributed by atoms with Crippen molar-refractivity contribution in [2.24, 2.45) is 0 Å². The molecule has 4 nitrogen and oxygen atoms in total. The van der Waals surface area contributed by atoms with E-state index in [-0.39, 0.29) is 0 Å². The summed E-state index contributed by atoms with van der Waals surface area (Å²) in [5.41, 5.74) is 2.83. The highest BCUT2D eigenvalue weighted by molar-refractivity contribution is 9.10. The van der Waals surface area contributed by atoms with Crippen molar-refractivity contribution < 1.29 is 8.42 Å². The third kappa shape index (κ3) is 3.56. The predicted octanol–water partition coefficient (Wildman–Crippen LogP) is 2.82. The van der Waals surface area contributed by atoms with Crippen molar-refractivity contribution in [1.82, 2.24) is 9.62 Å². The minimum atomic E-state index is -3.45. The highest BCUT2D eigenvalue weighted by Gasteiger charge is 2.28. The molecule has 0 amide bonds. The number of halogens is 1. The zero-order chi connectivity index (χ0) is 15.6. The van der Waals surface area contributed by atoms with E-state index < -0.39 is 10.0 Å². The van der Waals surface area contributed by atoms with E-state index in [0.29, 0.717) is 24.5 Å². The molecule has 0 atom stereocenters. The number of nitrogens with one attached hydrogen (secondary N) is 1. The first-order valence-corrected chi connectivity index (χ1v) is 9.19. The van der Waals surface area contributed by atoms with Crippen molar-refractivity contribution in [3.8, 4) is 0 Å². The van der Waals surface area contributed by atoms with Gasteiger partial charge in [0.2, 0.25) is 10.0 Å². The van der Waals surface area contributed by atoms with Crippen LogP contribution >= 0.6 is 15.9 Å². The maximum atomic E-state index is 12.9. The van der Waals surface area contributed by atoms with Gasteiger partial charge in [-0.15, -0.1) is 0 Å². The molecular weight excluding hydrogens is 352 g/mol. The Hall–Kier alpha value is -0.690. The molecule has 0 unspecified atom stereocenters. The van der Waals surface area contributed by atoms with Gasteiger partial charge in [-0.2, -0.15) is 4.31 Å². The second-order valence-electron chi connectivity index (χ2n) is 5.41. The van der Waals surface area contributed by atoms with Crippen LogP contribution < -0.4 is 5.32 Å². The third-order valence-electron chi connectivity index (χ3n) is 3.65. The number of hydrogen-bond acceptors (Lipinski definition) is 3. The maximum Gasteiger partial charge on any atom is 0.243 e. The Balaban J connectivity index is 2.46. The molecule has 0 spiro atoms. The lowest BCUT2D eigenvalue weighted by atomic mass is 10.1. The largest absolute Gasteiger partial charge is 0.316 e. The zero-order valence-electron chi connectivity index (χ0n) is 12.6. The molecule has 0 bridgehead atoms. The van der Waals surface area contributed by atoms with E-state index in [4.69, 9.17) is 0 Å². The Bertz CT molecular complexity index is 668. The van der Waals surface area contributed by atoms with Gasteiger partial charge in [-0.3, -0.25) is 0 Å². The summed E-state index contributed by atoms with van der Waals surface area (Å²) in [7, 11) is -1.61. The van der Waals surface area contributed by atoms with E-state index in [9.17, 15) is 8.42 Å². The van der Waals surface area contributed by atoms with Crippen LogP contribution in [-0.4, -0.2) is 32.9 Å². The first-order chi connectivity index (χ1) is 9.86. The van der Waals surface area contributed by atoms with Crippen molar-refractivity contribution >= 4 is 26.0 Å². The van der Waals surface area contributed by atoms with Crippen LogP contribution in [0.15, 0.2) is 33.2 Å². The fraction of sp³-hybridized carbons (Fsp3) is 0.467. The predicted molar refractivity (Wildman–Crippen MR) is 88.8 cm³/mol. The van der Waals surface area contributed by atoms with E-state index >= 15 is 0 Å². The molecule has 21 heavy (non-hydrogen) atoms. The number of hydrogen-bond donors (Lipinski definition) is 1. The molecular formula is C15H21BrN2O2S. The summed E-state index contributed by atoms with van der Waals surface area (Å²) in [4.78, 5) is 0.400. The van der Waals surface area contributed by atoms with E-state index in [1.807, 2.05) is 27.0 Å². The van der Waals surface area contributed by atoms with Crippen LogP contribution in [0.3, 0.4) is 0 Å². The highest BCUT2D eigenvalue weighted by atomic mass is 79.9. The number of rotatable bonds is 4. The van der Waals surface area contributed by atoms with Gasteiger partial charge in [0.05, 0.1) is 4.90 Å². The van der Waals surface area contributed by atoms with Crippen LogP contribution in [0.4, 0.5) is 0 Å². The van der Waals surface area contributed by atoms with Gasteiger partial charge < -0.3 is 5.32 Å². The lowest BCUT2D eigenvalue weighted by Crippen LogP contribution is -2.35. The van der Waals surface area contributed by atoms with Gasteiger partial charge in [-0.1, -0.05) is 27.6 Å². The number of sulfonamides is 1. The number of nitrogens with zero attached hydrogens (tertiary/aromatic N) is 1. The summed E-state index contributed by atoms with van der Waals surface area (Å²) < 4.78 is 28.2. The van der Waals surface area contributed by atoms with Gasteiger partial charge in [0, 0.05) is 24.1 Å². The fourth-order valence-corrected chi connectivity index (χ4v) is 4.94. The van der Waals surface area contributed by atoms with Crippen molar-refractivity contribution in [3.63, 3.8) is 0 Å². The maximum absolute atomic E-state index is 12.9. The normalized spacial score (nSPS) is 16.9. The molecule has 1 aromatic carbocycles. The van der Waals surface area contributed by atoms with Gasteiger partial charge in [-0.25, -0.2) is 8.42 Å². The van der Waals surface area contributed by atoms with Crippen LogP contribution in [0, 0.1) is 6.92 Å². The Kier molecular flexibility index (Phi) is 5.24. The van der Waals surface area contributed by atoms with Crippen molar-refractivity contribution in [1.29, 1.82) is 0 Å². The SMILES string of the molecule is CNCc1cc(Br)c(C)c(S(=O)(=O)N2CCC=C(C)C2)c1. The van der Waals surface area contributed by atoms with Gasteiger partial charge in [0.1, 0.15) is 0 Å². The molecule has 1 heterocycles. The summed E-state index contributed by atoms with van der Waals surface area (Å²) in [6.45, 7) is 5.48. The molecule has 1 aliphatic rings. The highest BCUT2D eigenvalue weighted by Crippen LogP contribution is 2.29. The first kappa shape index (κ1) is 16.7. The van der Waals surface area contributed by atoms with E-state index in [2.05, 4.69) is 27.3 Å². The summed E-state index contributed by atoms with van der Waals surface area (Å²) in [6.07, 6.45) is 2.88. The van der Waals surface area contributed by atoms with Crippen molar-refractivity contribution in [3.05, 3.63) is 39.4 Å². The van der Waals surface area contributed by atoms with Gasteiger partial charge in [0.15, 0.2) is 0 Å². The molecule has 1 aromatic rings. The summed E-state index contributed by atoms with van der Waals surface area (Å²) in [5.74, 6) is 0. The fourth-order valence-electron chi connectivity index (χ4n) is 2.50. The lowest BCUT2D eigenvalue weighted by Gasteiger charge is -2.26. The Morgan fingerprint density at radius 3 is 2.67 bits per heavy atom.